The Labute approximate surface area is 205 Å². The topological polar surface area (TPSA) is 89.7 Å². The second-order valence-electron chi connectivity index (χ2n) is 8.37. The van der Waals surface area contributed by atoms with Crippen LogP contribution in [0.1, 0.15) is 50.3 Å². The second-order valence-corrected chi connectivity index (χ2v) is 8.37. The van der Waals surface area contributed by atoms with Gasteiger partial charge in [0.1, 0.15) is 5.75 Å². The number of nitrogens with one attached hydrogen (secondary N) is 1. The molecule has 1 atom stereocenters. The summed E-state index contributed by atoms with van der Waals surface area (Å²) in [6.45, 7) is 10.2. The van der Waals surface area contributed by atoms with Crippen molar-refractivity contribution in [2.75, 3.05) is 26.4 Å². The predicted octanol–water partition coefficient (Wildman–Crippen LogP) is 5.37. The van der Waals surface area contributed by atoms with Crippen molar-refractivity contribution in [1.82, 2.24) is 20.4 Å². The Morgan fingerprint density at radius 3 is 2.46 bits per heavy atom. The lowest BCUT2D eigenvalue weighted by Crippen LogP contribution is -2.46. The molecule has 1 aliphatic rings. The number of hydrogen-bond donors (Lipinski definition) is 1. The van der Waals surface area contributed by atoms with Crippen LogP contribution in [-0.4, -0.2) is 47.4 Å². The summed E-state index contributed by atoms with van der Waals surface area (Å²) in [5.74, 6) is 1.66. The molecule has 35 heavy (non-hydrogen) atoms. The smallest absolute Gasteiger partial charge is 0.322 e. The second kappa shape index (κ2) is 11.2. The van der Waals surface area contributed by atoms with E-state index in [0.29, 0.717) is 38.1 Å². The van der Waals surface area contributed by atoms with Gasteiger partial charge in [0.05, 0.1) is 18.2 Å². The Kier molecular flexibility index (Phi) is 7.82. The lowest BCUT2D eigenvalue weighted by molar-refractivity contribution is 0.136. The van der Waals surface area contributed by atoms with Crippen LogP contribution < -0.4 is 10.1 Å². The average Bonchev–Trinajstić information content (AvgIpc) is 3.34. The highest BCUT2D eigenvalue weighted by Gasteiger charge is 2.35. The predicted molar refractivity (Wildman–Crippen MR) is 134 cm³/mol. The van der Waals surface area contributed by atoms with Crippen LogP contribution >= 0.6 is 0 Å². The van der Waals surface area contributed by atoms with Crippen molar-refractivity contribution in [1.29, 1.82) is 0 Å². The number of aromatic nitrogens is 2. The summed E-state index contributed by atoms with van der Waals surface area (Å²) in [7, 11) is 0. The number of benzene rings is 2. The van der Waals surface area contributed by atoms with Gasteiger partial charge in [-0.05, 0) is 51.8 Å². The summed E-state index contributed by atoms with van der Waals surface area (Å²) in [4.78, 5) is 19.5. The zero-order chi connectivity index (χ0) is 24.8. The number of rotatable bonds is 10. The van der Waals surface area contributed by atoms with E-state index >= 15 is 0 Å². The maximum atomic E-state index is 13.1. The van der Waals surface area contributed by atoms with E-state index in [-0.39, 0.29) is 6.03 Å². The van der Waals surface area contributed by atoms with Gasteiger partial charge in [0.2, 0.25) is 5.82 Å². The number of nitrogens with zero attached hydrogens (tertiary/aromatic N) is 3. The monoisotopic (exact) mass is 476 g/mol. The van der Waals surface area contributed by atoms with Gasteiger partial charge in [-0.3, -0.25) is 4.90 Å². The standard InChI is InChI=1S/C27H32N4O4/c1-5-33-17-7-16-31-19(4)23(26-29-25(30-35-26)21-10-8-18(3)9-11-21)24(28-27(31)32)20-12-14-22(15-13-20)34-6-2/h8-15,24H,5-7,16-17H2,1-4H3,(H,28,32). The molecule has 0 fully saturated rings. The fraction of sp³-hybridized carbons (Fsp3) is 0.370. The van der Waals surface area contributed by atoms with E-state index in [0.717, 1.165) is 40.1 Å². The zero-order valence-electron chi connectivity index (χ0n) is 20.7. The van der Waals surface area contributed by atoms with Gasteiger partial charge in [0, 0.05) is 31.0 Å². The van der Waals surface area contributed by atoms with Gasteiger partial charge < -0.3 is 19.3 Å². The molecule has 0 radical (unpaired) electrons. The molecule has 0 spiro atoms. The van der Waals surface area contributed by atoms with Gasteiger partial charge in [-0.25, -0.2) is 4.79 Å². The largest absolute Gasteiger partial charge is 0.494 e. The molecule has 1 unspecified atom stereocenters. The number of carbonyl (C=O) groups is 1. The van der Waals surface area contributed by atoms with Crippen molar-refractivity contribution < 1.29 is 18.8 Å². The van der Waals surface area contributed by atoms with Crippen LogP contribution in [0.3, 0.4) is 0 Å². The number of ether oxygens (including phenoxy) is 2. The molecule has 2 amide bonds. The number of amides is 2. The first-order valence-corrected chi connectivity index (χ1v) is 12.0. The third-order valence-corrected chi connectivity index (χ3v) is 5.96. The molecule has 0 aliphatic carbocycles. The summed E-state index contributed by atoms with van der Waals surface area (Å²) in [5, 5.41) is 7.36. The fourth-order valence-electron chi connectivity index (χ4n) is 4.12. The molecular formula is C27H32N4O4. The van der Waals surface area contributed by atoms with Crippen molar-refractivity contribution >= 4 is 11.6 Å². The van der Waals surface area contributed by atoms with Crippen LogP contribution in [0.4, 0.5) is 4.79 Å². The minimum Gasteiger partial charge on any atom is -0.494 e. The van der Waals surface area contributed by atoms with E-state index < -0.39 is 6.04 Å². The van der Waals surface area contributed by atoms with Crippen molar-refractivity contribution in [3.8, 4) is 17.1 Å². The number of urea groups is 1. The highest BCUT2D eigenvalue weighted by molar-refractivity contribution is 5.86. The lowest BCUT2D eigenvalue weighted by Gasteiger charge is -2.35. The first-order valence-electron chi connectivity index (χ1n) is 12.0. The normalized spacial score (nSPS) is 15.9. The molecule has 1 aromatic heterocycles. The van der Waals surface area contributed by atoms with E-state index in [4.69, 9.17) is 19.0 Å². The van der Waals surface area contributed by atoms with Crippen molar-refractivity contribution in [3.63, 3.8) is 0 Å². The summed E-state index contributed by atoms with van der Waals surface area (Å²) >= 11 is 0. The molecule has 184 valence electrons. The average molecular weight is 477 g/mol. The SMILES string of the molecule is CCOCCCN1C(=O)NC(c2ccc(OCC)cc2)C(c2nc(-c3ccc(C)cc3)no2)=C1C. The molecule has 4 rings (SSSR count). The fourth-order valence-corrected chi connectivity index (χ4v) is 4.12. The molecule has 0 saturated heterocycles. The van der Waals surface area contributed by atoms with Crippen LogP contribution in [0.2, 0.25) is 0 Å². The third-order valence-electron chi connectivity index (χ3n) is 5.96. The maximum Gasteiger partial charge on any atom is 0.322 e. The van der Waals surface area contributed by atoms with Crippen LogP contribution in [-0.2, 0) is 4.74 Å². The summed E-state index contributed by atoms with van der Waals surface area (Å²) in [5.41, 5.74) is 4.48. The number of allylic oxidation sites excluding steroid dienone is 1. The quantitative estimate of drug-likeness (QED) is 0.396. The van der Waals surface area contributed by atoms with Gasteiger partial charge in [-0.15, -0.1) is 0 Å². The summed E-state index contributed by atoms with van der Waals surface area (Å²) in [6.07, 6.45) is 0.720. The maximum absolute atomic E-state index is 13.1. The molecule has 2 heterocycles. The highest BCUT2D eigenvalue weighted by atomic mass is 16.5. The molecule has 0 saturated carbocycles. The molecule has 1 N–H and O–H groups in total. The molecule has 0 bridgehead atoms. The minimum atomic E-state index is -0.437. The Balaban J connectivity index is 1.71. The minimum absolute atomic E-state index is 0.167. The number of carbonyl (C=O) groups excluding carboxylic acids is 1. The number of hydrogen-bond acceptors (Lipinski definition) is 6. The van der Waals surface area contributed by atoms with Crippen LogP contribution in [0.15, 0.2) is 58.8 Å². The zero-order valence-corrected chi connectivity index (χ0v) is 20.7. The van der Waals surface area contributed by atoms with E-state index in [1.807, 2.05) is 76.2 Å². The lowest BCUT2D eigenvalue weighted by atomic mass is 9.94. The van der Waals surface area contributed by atoms with E-state index in [1.54, 1.807) is 4.90 Å². The van der Waals surface area contributed by atoms with Crippen LogP contribution in [0.25, 0.3) is 17.0 Å². The van der Waals surface area contributed by atoms with Gasteiger partial charge in [0.15, 0.2) is 0 Å². The molecule has 8 nitrogen and oxygen atoms in total. The van der Waals surface area contributed by atoms with Gasteiger partial charge >= 0.3 is 6.03 Å². The Bertz CT molecular complexity index is 1170. The van der Waals surface area contributed by atoms with Crippen molar-refractivity contribution in [3.05, 3.63) is 71.2 Å². The van der Waals surface area contributed by atoms with Gasteiger partial charge in [-0.1, -0.05) is 47.1 Å². The third kappa shape index (κ3) is 5.54. The number of aryl methyl sites for hydroxylation is 1. The van der Waals surface area contributed by atoms with E-state index in [1.165, 1.54) is 0 Å². The van der Waals surface area contributed by atoms with E-state index in [2.05, 4.69) is 10.5 Å². The van der Waals surface area contributed by atoms with Gasteiger partial charge in [0.25, 0.3) is 5.89 Å². The highest BCUT2D eigenvalue weighted by Crippen LogP contribution is 2.37. The first-order chi connectivity index (χ1) is 17.0. The summed E-state index contributed by atoms with van der Waals surface area (Å²) < 4.78 is 16.8. The molecule has 2 aromatic carbocycles. The first kappa shape index (κ1) is 24.5. The molecule has 1 aliphatic heterocycles. The van der Waals surface area contributed by atoms with Crippen molar-refractivity contribution in [2.45, 2.75) is 40.2 Å². The van der Waals surface area contributed by atoms with Crippen LogP contribution in [0.5, 0.6) is 5.75 Å². The van der Waals surface area contributed by atoms with E-state index in [9.17, 15) is 4.79 Å². The molecule has 8 heteroatoms. The molecule has 3 aromatic rings. The van der Waals surface area contributed by atoms with Gasteiger partial charge in [-0.2, -0.15) is 4.98 Å². The van der Waals surface area contributed by atoms with Crippen molar-refractivity contribution in [2.24, 2.45) is 0 Å². The summed E-state index contributed by atoms with van der Waals surface area (Å²) in [6, 6.07) is 15.1. The Morgan fingerprint density at radius 2 is 1.77 bits per heavy atom. The molecular weight excluding hydrogens is 444 g/mol. The Morgan fingerprint density at radius 1 is 1.03 bits per heavy atom. The Hall–Kier alpha value is -3.65. The van der Waals surface area contributed by atoms with Crippen LogP contribution in [0, 0.1) is 6.92 Å².